The molecule has 2 rings (SSSR count). The molecule has 4 heteroatoms. The highest BCUT2D eigenvalue weighted by atomic mass is 32.1. The number of hydrogen-bond acceptors (Lipinski definition) is 4. The number of nitrogens with one attached hydrogen (secondary N) is 1. The van der Waals surface area contributed by atoms with E-state index < -0.39 is 0 Å². The van der Waals surface area contributed by atoms with Crippen molar-refractivity contribution in [3.63, 3.8) is 0 Å². The van der Waals surface area contributed by atoms with Gasteiger partial charge in [0.2, 0.25) is 0 Å². The molecule has 0 spiro atoms. The minimum Gasteiger partial charge on any atom is -0.348 e. The molecule has 1 saturated heterocycles. The summed E-state index contributed by atoms with van der Waals surface area (Å²) in [7, 11) is 0. The van der Waals surface area contributed by atoms with E-state index in [1.807, 2.05) is 11.3 Å². The first kappa shape index (κ1) is 12.8. The zero-order valence-electron chi connectivity index (χ0n) is 11.0. The molecule has 0 saturated carbocycles. The number of aromatic nitrogens is 1. The Hall–Kier alpha value is -0.610. The SMILES string of the molecule is CCCNCc1sc(N2CCCCC2)nc1C. The second-order valence-corrected chi connectivity index (χ2v) is 5.79. The third-order valence-electron chi connectivity index (χ3n) is 3.22. The molecule has 0 unspecified atom stereocenters. The van der Waals surface area contributed by atoms with Gasteiger partial charge in [-0.2, -0.15) is 0 Å². The number of nitrogens with zero attached hydrogens (tertiary/aromatic N) is 2. The first-order chi connectivity index (χ1) is 8.31. The zero-order chi connectivity index (χ0) is 12.1. The Labute approximate surface area is 108 Å². The van der Waals surface area contributed by atoms with Crippen molar-refractivity contribution in [2.45, 2.75) is 46.1 Å². The minimum atomic E-state index is 0.977. The lowest BCUT2D eigenvalue weighted by Crippen LogP contribution is -2.29. The van der Waals surface area contributed by atoms with Gasteiger partial charge in [0.1, 0.15) is 0 Å². The van der Waals surface area contributed by atoms with Crippen molar-refractivity contribution in [3.05, 3.63) is 10.6 Å². The van der Waals surface area contributed by atoms with Crippen LogP contribution in [0.1, 0.15) is 43.2 Å². The lowest BCUT2D eigenvalue weighted by atomic mass is 10.1. The highest BCUT2D eigenvalue weighted by Crippen LogP contribution is 2.28. The van der Waals surface area contributed by atoms with E-state index in [9.17, 15) is 0 Å². The molecule has 3 nitrogen and oxygen atoms in total. The quantitative estimate of drug-likeness (QED) is 0.818. The van der Waals surface area contributed by atoms with Crippen molar-refractivity contribution < 1.29 is 0 Å². The molecule has 1 fully saturated rings. The van der Waals surface area contributed by atoms with E-state index in [1.54, 1.807) is 0 Å². The highest BCUT2D eigenvalue weighted by Gasteiger charge is 2.16. The number of piperidine rings is 1. The summed E-state index contributed by atoms with van der Waals surface area (Å²) in [5.41, 5.74) is 1.21. The maximum Gasteiger partial charge on any atom is 0.185 e. The first-order valence-corrected chi connectivity index (χ1v) is 7.55. The molecule has 17 heavy (non-hydrogen) atoms. The molecule has 0 aliphatic carbocycles. The Morgan fingerprint density at radius 3 is 2.76 bits per heavy atom. The summed E-state index contributed by atoms with van der Waals surface area (Å²) in [5, 5.41) is 4.69. The molecular weight excluding hydrogens is 230 g/mol. The lowest BCUT2D eigenvalue weighted by molar-refractivity contribution is 0.576. The topological polar surface area (TPSA) is 28.2 Å². The van der Waals surface area contributed by atoms with Crippen molar-refractivity contribution in [1.82, 2.24) is 10.3 Å². The largest absolute Gasteiger partial charge is 0.348 e. The van der Waals surface area contributed by atoms with Crippen LogP contribution in [0.4, 0.5) is 5.13 Å². The Morgan fingerprint density at radius 2 is 2.06 bits per heavy atom. The van der Waals surface area contributed by atoms with Crippen LogP contribution in [0.3, 0.4) is 0 Å². The molecule has 0 aromatic carbocycles. The van der Waals surface area contributed by atoms with E-state index in [1.165, 1.54) is 54.5 Å². The Kier molecular flexibility index (Phi) is 4.80. The van der Waals surface area contributed by atoms with Gasteiger partial charge >= 0.3 is 0 Å². The number of hydrogen-bond donors (Lipinski definition) is 1. The van der Waals surface area contributed by atoms with Gasteiger partial charge in [-0.25, -0.2) is 4.98 Å². The van der Waals surface area contributed by atoms with Gasteiger partial charge < -0.3 is 10.2 Å². The van der Waals surface area contributed by atoms with Gasteiger partial charge in [-0.15, -0.1) is 11.3 Å². The van der Waals surface area contributed by atoms with Crippen molar-refractivity contribution in [1.29, 1.82) is 0 Å². The van der Waals surface area contributed by atoms with Gasteiger partial charge in [0.05, 0.1) is 5.69 Å². The monoisotopic (exact) mass is 253 g/mol. The smallest absolute Gasteiger partial charge is 0.185 e. The summed E-state index contributed by atoms with van der Waals surface area (Å²) >= 11 is 1.87. The van der Waals surface area contributed by atoms with Gasteiger partial charge in [-0.3, -0.25) is 0 Å². The van der Waals surface area contributed by atoms with Crippen LogP contribution in [-0.2, 0) is 6.54 Å². The number of anilines is 1. The fourth-order valence-corrected chi connectivity index (χ4v) is 3.26. The third-order valence-corrected chi connectivity index (χ3v) is 4.44. The van der Waals surface area contributed by atoms with Crippen LogP contribution in [-0.4, -0.2) is 24.6 Å². The van der Waals surface area contributed by atoms with Gasteiger partial charge in [0, 0.05) is 24.5 Å². The molecule has 0 atom stereocenters. The molecule has 96 valence electrons. The summed E-state index contributed by atoms with van der Waals surface area (Å²) in [5.74, 6) is 0. The molecule has 0 bridgehead atoms. The van der Waals surface area contributed by atoms with E-state index in [-0.39, 0.29) is 0 Å². The van der Waals surface area contributed by atoms with E-state index in [0.29, 0.717) is 0 Å². The standard InChI is InChI=1S/C13H23N3S/c1-3-7-14-10-12-11(2)15-13(17-12)16-8-5-4-6-9-16/h14H,3-10H2,1-2H3. The first-order valence-electron chi connectivity index (χ1n) is 6.73. The van der Waals surface area contributed by atoms with E-state index in [0.717, 1.165) is 13.1 Å². The molecule has 1 aromatic rings. The second kappa shape index (κ2) is 6.36. The average molecular weight is 253 g/mol. The second-order valence-electron chi connectivity index (χ2n) is 4.73. The van der Waals surface area contributed by atoms with E-state index in [2.05, 4.69) is 24.1 Å². The predicted molar refractivity (Wildman–Crippen MR) is 74.9 cm³/mol. The van der Waals surface area contributed by atoms with Crippen LogP contribution in [0, 0.1) is 6.92 Å². The third kappa shape index (κ3) is 3.42. The maximum atomic E-state index is 4.72. The van der Waals surface area contributed by atoms with Gasteiger partial charge in [0.15, 0.2) is 5.13 Å². The van der Waals surface area contributed by atoms with E-state index in [4.69, 9.17) is 4.98 Å². The Morgan fingerprint density at radius 1 is 1.29 bits per heavy atom. The number of aryl methyl sites for hydroxylation is 1. The Bertz CT molecular complexity index is 342. The molecule has 2 heterocycles. The number of thiazole rings is 1. The van der Waals surface area contributed by atoms with Crippen molar-refractivity contribution in [2.24, 2.45) is 0 Å². The van der Waals surface area contributed by atoms with Crippen LogP contribution in [0.2, 0.25) is 0 Å². The number of rotatable bonds is 5. The summed E-state index contributed by atoms with van der Waals surface area (Å²) in [6, 6.07) is 0. The van der Waals surface area contributed by atoms with Crippen LogP contribution < -0.4 is 10.2 Å². The van der Waals surface area contributed by atoms with Gasteiger partial charge in [-0.05, 0) is 39.2 Å². The summed E-state index contributed by atoms with van der Waals surface area (Å²) < 4.78 is 0. The van der Waals surface area contributed by atoms with Crippen LogP contribution in [0.5, 0.6) is 0 Å². The maximum absolute atomic E-state index is 4.72. The molecule has 1 aliphatic rings. The fourth-order valence-electron chi connectivity index (χ4n) is 2.18. The van der Waals surface area contributed by atoms with Crippen molar-refractivity contribution in [3.8, 4) is 0 Å². The van der Waals surface area contributed by atoms with Crippen LogP contribution in [0.25, 0.3) is 0 Å². The van der Waals surface area contributed by atoms with Crippen molar-refractivity contribution >= 4 is 16.5 Å². The van der Waals surface area contributed by atoms with Crippen LogP contribution in [0.15, 0.2) is 0 Å². The Balaban J connectivity index is 1.96. The van der Waals surface area contributed by atoms with Crippen molar-refractivity contribution in [2.75, 3.05) is 24.5 Å². The molecule has 0 amide bonds. The van der Waals surface area contributed by atoms with Gasteiger partial charge in [-0.1, -0.05) is 6.92 Å². The molecule has 1 aliphatic heterocycles. The molecular formula is C13H23N3S. The molecule has 0 radical (unpaired) electrons. The minimum absolute atomic E-state index is 0.977. The normalized spacial score (nSPS) is 16.5. The zero-order valence-corrected chi connectivity index (χ0v) is 11.8. The highest BCUT2D eigenvalue weighted by molar-refractivity contribution is 7.15. The average Bonchev–Trinajstić information content (AvgIpc) is 2.73. The van der Waals surface area contributed by atoms with E-state index >= 15 is 0 Å². The summed E-state index contributed by atoms with van der Waals surface area (Å²) in [6.07, 6.45) is 5.21. The lowest BCUT2D eigenvalue weighted by Gasteiger charge is -2.25. The molecule has 1 N–H and O–H groups in total. The van der Waals surface area contributed by atoms with Crippen LogP contribution >= 0.6 is 11.3 Å². The summed E-state index contributed by atoms with van der Waals surface area (Å²) in [6.45, 7) is 8.78. The predicted octanol–water partition coefficient (Wildman–Crippen LogP) is 2.94. The van der Waals surface area contributed by atoms with Gasteiger partial charge in [0.25, 0.3) is 0 Å². The summed E-state index contributed by atoms with van der Waals surface area (Å²) in [4.78, 5) is 8.57. The fraction of sp³-hybridized carbons (Fsp3) is 0.769. The molecule has 1 aromatic heterocycles.